The number of benzene rings is 2. The minimum absolute atomic E-state index is 0.617. The number of fused-ring (bicyclic) bond motifs is 3. The molecule has 0 atom stereocenters. The van der Waals surface area contributed by atoms with Gasteiger partial charge in [0.05, 0.1) is 0 Å². The molecule has 0 heterocycles. The van der Waals surface area contributed by atoms with Crippen LogP contribution in [0.3, 0.4) is 0 Å². The van der Waals surface area contributed by atoms with Crippen molar-refractivity contribution < 1.29 is 0 Å². The lowest BCUT2D eigenvalue weighted by molar-refractivity contribution is 0.604. The van der Waals surface area contributed by atoms with Crippen molar-refractivity contribution >= 4 is 15.9 Å². The fourth-order valence-corrected chi connectivity index (χ4v) is 3.76. The van der Waals surface area contributed by atoms with Crippen LogP contribution in [-0.4, -0.2) is 5.33 Å². The number of hydrogen-bond acceptors (Lipinski definition) is 0. The maximum atomic E-state index is 3.51. The van der Waals surface area contributed by atoms with Gasteiger partial charge >= 0.3 is 0 Å². The molecule has 0 nitrogen and oxygen atoms in total. The summed E-state index contributed by atoms with van der Waals surface area (Å²) in [5, 5.41) is 1.14. The van der Waals surface area contributed by atoms with Crippen molar-refractivity contribution in [3.05, 3.63) is 59.7 Å². The molecule has 3 rings (SSSR count). The molecule has 0 saturated heterocycles. The maximum absolute atomic E-state index is 3.51. The van der Waals surface area contributed by atoms with Crippen molar-refractivity contribution in [2.24, 2.45) is 0 Å². The van der Waals surface area contributed by atoms with Gasteiger partial charge in [0.25, 0.3) is 0 Å². The molecule has 0 amide bonds. The standard InChI is InChI=1S/C19H21Br/c20-14-8-2-1-3-9-15-16-10-4-6-12-18(16)19-13-7-5-11-17(15)19/h4-7,10-13,15H,1-3,8-9,14H2. The van der Waals surface area contributed by atoms with Gasteiger partial charge in [-0.25, -0.2) is 0 Å². The Morgan fingerprint density at radius 2 is 1.25 bits per heavy atom. The molecule has 1 aliphatic carbocycles. The van der Waals surface area contributed by atoms with Gasteiger partial charge in [-0.2, -0.15) is 0 Å². The smallest absolute Gasteiger partial charge is 0.0102 e. The van der Waals surface area contributed by atoms with Crippen molar-refractivity contribution in [3.8, 4) is 11.1 Å². The monoisotopic (exact) mass is 328 g/mol. The molecule has 1 aliphatic rings. The summed E-state index contributed by atoms with van der Waals surface area (Å²) in [5.41, 5.74) is 5.98. The summed E-state index contributed by atoms with van der Waals surface area (Å²) >= 11 is 3.51. The zero-order chi connectivity index (χ0) is 13.8. The van der Waals surface area contributed by atoms with Crippen LogP contribution in [0.1, 0.15) is 49.1 Å². The summed E-state index contributed by atoms with van der Waals surface area (Å²) in [4.78, 5) is 0. The number of alkyl halides is 1. The molecular weight excluding hydrogens is 308 g/mol. The number of rotatable bonds is 6. The van der Waals surface area contributed by atoms with Crippen molar-refractivity contribution in [3.63, 3.8) is 0 Å². The van der Waals surface area contributed by atoms with E-state index in [1.165, 1.54) is 54.4 Å². The van der Waals surface area contributed by atoms with E-state index in [4.69, 9.17) is 0 Å². The predicted octanol–water partition coefficient (Wildman–Crippen LogP) is 6.14. The predicted molar refractivity (Wildman–Crippen MR) is 90.6 cm³/mol. The van der Waals surface area contributed by atoms with Crippen LogP contribution in [0.5, 0.6) is 0 Å². The zero-order valence-electron chi connectivity index (χ0n) is 11.8. The van der Waals surface area contributed by atoms with E-state index in [-0.39, 0.29) is 0 Å². The quantitative estimate of drug-likeness (QED) is 0.441. The Kier molecular flexibility index (Phi) is 4.57. The van der Waals surface area contributed by atoms with E-state index in [2.05, 4.69) is 64.5 Å². The van der Waals surface area contributed by atoms with Gasteiger partial charge in [-0.15, -0.1) is 0 Å². The normalized spacial score (nSPS) is 13.2. The summed E-state index contributed by atoms with van der Waals surface area (Å²) < 4.78 is 0. The molecule has 20 heavy (non-hydrogen) atoms. The third kappa shape index (κ3) is 2.69. The highest BCUT2D eigenvalue weighted by atomic mass is 79.9. The van der Waals surface area contributed by atoms with Gasteiger partial charge < -0.3 is 0 Å². The van der Waals surface area contributed by atoms with Gasteiger partial charge in [0, 0.05) is 11.2 Å². The lowest BCUT2D eigenvalue weighted by atomic mass is 9.91. The second kappa shape index (κ2) is 6.58. The third-order valence-electron chi connectivity index (χ3n) is 4.34. The Hall–Kier alpha value is -1.08. The number of unbranched alkanes of at least 4 members (excludes halogenated alkanes) is 3. The first-order chi connectivity index (χ1) is 9.92. The lowest BCUT2D eigenvalue weighted by Crippen LogP contribution is -1.96. The SMILES string of the molecule is BrCCCCCCC1c2ccccc2-c2ccccc21. The van der Waals surface area contributed by atoms with E-state index in [1.807, 2.05) is 0 Å². The minimum atomic E-state index is 0.617. The third-order valence-corrected chi connectivity index (χ3v) is 4.90. The first-order valence-corrected chi connectivity index (χ1v) is 8.78. The Balaban J connectivity index is 1.77. The summed E-state index contributed by atoms with van der Waals surface area (Å²) in [5.74, 6) is 0.617. The largest absolute Gasteiger partial charge is 0.0928 e. The zero-order valence-corrected chi connectivity index (χ0v) is 13.4. The van der Waals surface area contributed by atoms with E-state index >= 15 is 0 Å². The molecule has 0 spiro atoms. The molecule has 2 aromatic rings. The van der Waals surface area contributed by atoms with Crippen LogP contribution in [0.2, 0.25) is 0 Å². The van der Waals surface area contributed by atoms with Crippen LogP contribution in [0.25, 0.3) is 11.1 Å². The van der Waals surface area contributed by atoms with Gasteiger partial charge in [-0.3, -0.25) is 0 Å². The maximum Gasteiger partial charge on any atom is 0.0102 e. The molecule has 0 aromatic heterocycles. The molecule has 0 aliphatic heterocycles. The van der Waals surface area contributed by atoms with E-state index in [0.717, 1.165) is 5.33 Å². The Morgan fingerprint density at radius 1 is 0.700 bits per heavy atom. The molecule has 0 N–H and O–H groups in total. The van der Waals surface area contributed by atoms with Crippen LogP contribution < -0.4 is 0 Å². The Bertz CT molecular complexity index is 528. The summed E-state index contributed by atoms with van der Waals surface area (Å²) in [6, 6.07) is 17.9. The van der Waals surface area contributed by atoms with Crippen LogP contribution in [-0.2, 0) is 0 Å². The topological polar surface area (TPSA) is 0 Å². The van der Waals surface area contributed by atoms with Crippen LogP contribution >= 0.6 is 15.9 Å². The first kappa shape index (κ1) is 13.9. The lowest BCUT2D eigenvalue weighted by Gasteiger charge is -2.13. The second-order valence-electron chi connectivity index (χ2n) is 5.62. The van der Waals surface area contributed by atoms with Crippen LogP contribution in [0, 0.1) is 0 Å². The molecule has 2 aromatic carbocycles. The van der Waals surface area contributed by atoms with E-state index < -0.39 is 0 Å². The van der Waals surface area contributed by atoms with E-state index in [9.17, 15) is 0 Å². The molecule has 0 fully saturated rings. The molecule has 0 saturated carbocycles. The van der Waals surface area contributed by atoms with E-state index in [1.54, 1.807) is 0 Å². The number of halogens is 1. The van der Waals surface area contributed by atoms with Gasteiger partial charge in [0.1, 0.15) is 0 Å². The second-order valence-corrected chi connectivity index (χ2v) is 6.41. The molecular formula is C19H21Br. The van der Waals surface area contributed by atoms with Crippen molar-refractivity contribution in [1.82, 2.24) is 0 Å². The van der Waals surface area contributed by atoms with Crippen molar-refractivity contribution in [2.45, 2.75) is 38.0 Å². The summed E-state index contributed by atoms with van der Waals surface area (Å²) in [6.07, 6.45) is 6.63. The molecule has 0 radical (unpaired) electrons. The highest BCUT2D eigenvalue weighted by Crippen LogP contribution is 2.46. The fourth-order valence-electron chi connectivity index (χ4n) is 3.37. The van der Waals surface area contributed by atoms with Gasteiger partial charge in [0.2, 0.25) is 0 Å². The molecule has 0 bridgehead atoms. The number of hydrogen-bond donors (Lipinski definition) is 0. The van der Waals surface area contributed by atoms with Gasteiger partial charge in [-0.05, 0) is 35.1 Å². The highest BCUT2D eigenvalue weighted by molar-refractivity contribution is 9.09. The van der Waals surface area contributed by atoms with Crippen LogP contribution in [0.4, 0.5) is 0 Å². The molecule has 104 valence electrons. The van der Waals surface area contributed by atoms with Crippen molar-refractivity contribution in [2.75, 3.05) is 5.33 Å². The average molecular weight is 329 g/mol. The highest BCUT2D eigenvalue weighted by Gasteiger charge is 2.27. The molecule has 0 unspecified atom stereocenters. The Morgan fingerprint density at radius 3 is 1.85 bits per heavy atom. The van der Waals surface area contributed by atoms with Crippen LogP contribution in [0.15, 0.2) is 48.5 Å². The fraction of sp³-hybridized carbons (Fsp3) is 0.368. The first-order valence-electron chi connectivity index (χ1n) is 7.66. The Labute approximate surface area is 130 Å². The van der Waals surface area contributed by atoms with Gasteiger partial charge in [0.15, 0.2) is 0 Å². The van der Waals surface area contributed by atoms with Crippen molar-refractivity contribution in [1.29, 1.82) is 0 Å². The average Bonchev–Trinajstić information content (AvgIpc) is 2.82. The summed E-state index contributed by atoms with van der Waals surface area (Å²) in [7, 11) is 0. The van der Waals surface area contributed by atoms with E-state index in [0.29, 0.717) is 5.92 Å². The van der Waals surface area contributed by atoms with Gasteiger partial charge in [-0.1, -0.05) is 83.7 Å². The summed E-state index contributed by atoms with van der Waals surface area (Å²) in [6.45, 7) is 0. The molecule has 1 heteroatoms. The minimum Gasteiger partial charge on any atom is -0.0928 e.